The van der Waals surface area contributed by atoms with Crippen molar-refractivity contribution in [2.24, 2.45) is 0 Å². The van der Waals surface area contributed by atoms with Crippen LogP contribution in [-0.2, 0) is 4.79 Å². The third kappa shape index (κ3) is 1.12. The number of carbonyl (C=O) groups excluding carboxylic acids is 2. The molecule has 0 aliphatic carbocycles. The molecule has 10 heavy (non-hydrogen) atoms. The van der Waals surface area contributed by atoms with Gasteiger partial charge in [-0.15, -0.1) is 0 Å². The Bertz CT molecular complexity index is 195. The Balaban J connectivity index is 2.76. The fraction of sp³-hybridized carbons (Fsp3) is 0.250. The number of hydrogen-bond donors (Lipinski definition) is 3. The zero-order valence-corrected chi connectivity index (χ0v) is 5.57. The summed E-state index contributed by atoms with van der Waals surface area (Å²) in [5, 5.41) is 12.7. The lowest BCUT2D eigenvalue weighted by Gasteiger charge is -2.17. The number of hydrogen-bond acceptors (Lipinski definition) is 4. The van der Waals surface area contributed by atoms with Crippen LogP contribution in [0.1, 0.15) is 0 Å². The van der Waals surface area contributed by atoms with Crippen molar-refractivity contribution >= 4 is 29.1 Å². The van der Waals surface area contributed by atoms with E-state index in [0.717, 1.165) is 0 Å². The van der Waals surface area contributed by atoms with E-state index >= 15 is 0 Å². The van der Waals surface area contributed by atoms with Gasteiger partial charge in [0.2, 0.25) is 0 Å². The molecule has 0 aromatic rings. The highest BCUT2D eigenvalue weighted by Gasteiger charge is 2.28. The van der Waals surface area contributed by atoms with Crippen LogP contribution in [0.4, 0.5) is 4.79 Å². The van der Waals surface area contributed by atoms with Crippen LogP contribution in [-0.4, -0.2) is 28.1 Å². The largest absolute Gasteiger partial charge is 0.376 e. The van der Waals surface area contributed by atoms with Crippen LogP contribution in [0.15, 0.2) is 0 Å². The monoisotopic (exact) mass is 160 g/mol. The van der Waals surface area contributed by atoms with Crippen LogP contribution in [0.5, 0.6) is 0 Å². The second-order valence-corrected chi connectivity index (χ2v) is 2.15. The number of aliphatic hydroxyl groups excluding tert-OH is 1. The van der Waals surface area contributed by atoms with E-state index in [1.807, 2.05) is 5.32 Å². The van der Waals surface area contributed by atoms with Gasteiger partial charge in [0.1, 0.15) is 4.99 Å². The van der Waals surface area contributed by atoms with Crippen LogP contribution in [0, 0.1) is 0 Å². The number of nitrogens with one attached hydrogen (secondary N) is 2. The molecule has 0 aromatic heterocycles. The topological polar surface area (TPSA) is 78.4 Å². The predicted octanol–water partition coefficient (Wildman–Crippen LogP) is -1.49. The SMILES string of the molecule is O=C1NC(=O)C(O)C(=S)N1. The first kappa shape index (κ1) is 7.10. The van der Waals surface area contributed by atoms with E-state index in [-0.39, 0.29) is 4.99 Å². The van der Waals surface area contributed by atoms with Crippen LogP contribution in [0.25, 0.3) is 0 Å². The minimum Gasteiger partial charge on any atom is -0.376 e. The highest BCUT2D eigenvalue weighted by molar-refractivity contribution is 7.80. The summed E-state index contributed by atoms with van der Waals surface area (Å²) in [5.41, 5.74) is 0. The van der Waals surface area contributed by atoms with Gasteiger partial charge in [-0.2, -0.15) is 0 Å². The van der Waals surface area contributed by atoms with E-state index in [0.29, 0.717) is 0 Å². The first-order valence-electron chi connectivity index (χ1n) is 2.45. The second kappa shape index (κ2) is 2.31. The van der Waals surface area contributed by atoms with Crippen LogP contribution in [0.2, 0.25) is 0 Å². The van der Waals surface area contributed by atoms with Crippen LogP contribution in [0.3, 0.4) is 0 Å². The molecule has 0 bridgehead atoms. The zero-order chi connectivity index (χ0) is 7.72. The number of imide groups is 1. The fourth-order valence-corrected chi connectivity index (χ4v) is 0.711. The van der Waals surface area contributed by atoms with Gasteiger partial charge in [0, 0.05) is 0 Å². The standard InChI is InChI=1S/C4H4N2O3S/c7-1-2(8)5-4(9)6-3(1)10/h1,7H,(H2,5,6,8,9,10). The van der Waals surface area contributed by atoms with Crippen molar-refractivity contribution in [3.05, 3.63) is 0 Å². The normalized spacial score (nSPS) is 25.7. The fourth-order valence-electron chi connectivity index (χ4n) is 0.511. The van der Waals surface area contributed by atoms with Crippen LogP contribution >= 0.6 is 12.2 Å². The lowest BCUT2D eigenvalue weighted by molar-refractivity contribution is -0.125. The van der Waals surface area contributed by atoms with Crippen molar-refractivity contribution in [1.82, 2.24) is 10.6 Å². The summed E-state index contributed by atoms with van der Waals surface area (Å²) in [5.74, 6) is -0.784. The van der Waals surface area contributed by atoms with E-state index in [2.05, 4.69) is 17.5 Å². The van der Waals surface area contributed by atoms with Gasteiger partial charge < -0.3 is 5.11 Å². The molecule has 3 N–H and O–H groups in total. The van der Waals surface area contributed by atoms with Gasteiger partial charge in [-0.25, -0.2) is 4.79 Å². The van der Waals surface area contributed by atoms with Gasteiger partial charge in [0.15, 0.2) is 6.10 Å². The first-order valence-corrected chi connectivity index (χ1v) is 2.86. The number of rotatable bonds is 0. The summed E-state index contributed by atoms with van der Waals surface area (Å²) in [6.45, 7) is 0. The Kier molecular flexibility index (Phi) is 1.64. The van der Waals surface area contributed by atoms with Crippen molar-refractivity contribution in [3.8, 4) is 0 Å². The Labute approximate surface area is 61.4 Å². The molecule has 1 unspecified atom stereocenters. The molecule has 1 saturated heterocycles. The van der Waals surface area contributed by atoms with Gasteiger partial charge in [-0.05, 0) is 0 Å². The van der Waals surface area contributed by atoms with Gasteiger partial charge in [-0.3, -0.25) is 15.4 Å². The summed E-state index contributed by atoms with van der Waals surface area (Å²) < 4.78 is 0. The molecule has 1 fully saturated rings. The van der Waals surface area contributed by atoms with Gasteiger partial charge >= 0.3 is 6.03 Å². The van der Waals surface area contributed by atoms with Gasteiger partial charge in [-0.1, -0.05) is 12.2 Å². The van der Waals surface area contributed by atoms with Crippen molar-refractivity contribution in [3.63, 3.8) is 0 Å². The molecule has 1 atom stereocenters. The van der Waals surface area contributed by atoms with Crippen molar-refractivity contribution in [2.75, 3.05) is 0 Å². The molecule has 1 heterocycles. The number of thiocarbonyl (C=S) groups is 1. The minimum absolute atomic E-state index is 0.159. The smallest absolute Gasteiger partial charge is 0.326 e. The molecule has 3 amide bonds. The predicted molar refractivity (Wildman–Crippen MR) is 35.3 cm³/mol. The maximum atomic E-state index is 10.5. The molecule has 0 spiro atoms. The molecular weight excluding hydrogens is 156 g/mol. The third-order valence-corrected chi connectivity index (χ3v) is 1.30. The number of aliphatic hydroxyl groups is 1. The quantitative estimate of drug-likeness (QED) is 0.377. The summed E-state index contributed by atoms with van der Waals surface area (Å²) in [6, 6.07) is -0.694. The van der Waals surface area contributed by atoms with E-state index in [9.17, 15) is 9.59 Å². The highest BCUT2D eigenvalue weighted by atomic mass is 32.1. The average Bonchev–Trinajstić information content (AvgIpc) is 1.82. The summed E-state index contributed by atoms with van der Waals surface area (Å²) in [6.07, 6.45) is -1.40. The van der Waals surface area contributed by atoms with Crippen molar-refractivity contribution in [1.29, 1.82) is 0 Å². The molecule has 1 aliphatic heterocycles. The highest BCUT2D eigenvalue weighted by Crippen LogP contribution is 1.91. The van der Waals surface area contributed by atoms with Crippen molar-refractivity contribution < 1.29 is 14.7 Å². The van der Waals surface area contributed by atoms with E-state index in [1.165, 1.54) is 0 Å². The lowest BCUT2D eigenvalue weighted by Crippen LogP contribution is -2.57. The number of carbonyl (C=O) groups is 2. The molecule has 6 heteroatoms. The summed E-state index contributed by atoms with van der Waals surface area (Å²) in [4.78, 5) is 20.7. The Morgan fingerprint density at radius 3 is 2.50 bits per heavy atom. The van der Waals surface area contributed by atoms with E-state index < -0.39 is 18.0 Å². The Hall–Kier alpha value is -1.01. The third-order valence-electron chi connectivity index (χ3n) is 0.970. The second-order valence-electron chi connectivity index (χ2n) is 1.71. The van der Waals surface area contributed by atoms with Gasteiger partial charge in [0.25, 0.3) is 5.91 Å². The maximum absolute atomic E-state index is 10.5. The molecule has 0 radical (unpaired) electrons. The Morgan fingerprint density at radius 1 is 1.40 bits per heavy atom. The summed E-state index contributed by atoms with van der Waals surface area (Å²) >= 11 is 4.44. The molecule has 1 rings (SSSR count). The number of amides is 3. The molecule has 0 aromatic carbocycles. The van der Waals surface area contributed by atoms with Gasteiger partial charge in [0.05, 0.1) is 0 Å². The molecule has 1 aliphatic rings. The minimum atomic E-state index is -1.40. The average molecular weight is 160 g/mol. The van der Waals surface area contributed by atoms with Crippen molar-refractivity contribution in [2.45, 2.75) is 6.10 Å². The Morgan fingerprint density at radius 2 is 2.00 bits per heavy atom. The first-order chi connectivity index (χ1) is 4.61. The number of urea groups is 1. The molecular formula is C4H4N2O3S. The molecule has 0 saturated carbocycles. The molecule has 5 nitrogen and oxygen atoms in total. The summed E-state index contributed by atoms with van der Waals surface area (Å²) in [7, 11) is 0. The van der Waals surface area contributed by atoms with E-state index in [1.54, 1.807) is 0 Å². The van der Waals surface area contributed by atoms with Crippen LogP contribution < -0.4 is 10.6 Å². The zero-order valence-electron chi connectivity index (χ0n) is 4.75. The van der Waals surface area contributed by atoms with E-state index in [4.69, 9.17) is 5.11 Å². The lowest BCUT2D eigenvalue weighted by atomic mass is 10.3. The molecule has 54 valence electrons. The maximum Gasteiger partial charge on any atom is 0.326 e.